The van der Waals surface area contributed by atoms with Crippen LogP contribution in [0.1, 0.15) is 16.7 Å². The summed E-state index contributed by atoms with van der Waals surface area (Å²) < 4.78 is 23.3. The Bertz CT molecular complexity index is 833. The molecule has 0 unspecified atom stereocenters. The maximum Gasteiger partial charge on any atom is 0.151 e. The molecule has 0 N–H and O–H groups in total. The Labute approximate surface area is 189 Å². The first-order valence-electron chi connectivity index (χ1n) is 10.6. The van der Waals surface area contributed by atoms with Crippen molar-refractivity contribution < 1.29 is 23.7 Å². The second-order valence-electron chi connectivity index (χ2n) is 7.40. The highest BCUT2D eigenvalue weighted by Crippen LogP contribution is 2.40. The Morgan fingerprint density at radius 2 is 1.12 bits per heavy atom. The summed E-state index contributed by atoms with van der Waals surface area (Å²) in [5.41, 5.74) is 2.07. The minimum Gasteiger partial charge on any atom is -0.376 e. The molecule has 0 aromatic heterocycles. The van der Waals surface area contributed by atoms with E-state index in [-0.39, 0.29) is 6.61 Å². The summed E-state index contributed by atoms with van der Waals surface area (Å²) in [5, 5.41) is 0. The Hall–Kier alpha value is -2.83. The molecular weight excluding hydrogens is 404 g/mol. The predicted octanol–water partition coefficient (Wildman–Crippen LogP) is 4.24. The highest BCUT2D eigenvalue weighted by molar-refractivity contribution is 5.57. The molecule has 0 spiro atoms. The van der Waals surface area contributed by atoms with Gasteiger partial charge in [0.2, 0.25) is 0 Å². The Morgan fingerprint density at radius 3 is 1.44 bits per heavy atom. The number of aldehydes is 1. The molecule has 0 heterocycles. The summed E-state index contributed by atoms with van der Waals surface area (Å²) in [5.74, 6) is 0. The van der Waals surface area contributed by atoms with Crippen LogP contribution in [0.5, 0.6) is 0 Å². The highest BCUT2D eigenvalue weighted by Gasteiger charge is 2.40. The van der Waals surface area contributed by atoms with E-state index < -0.39 is 23.9 Å². The molecule has 0 saturated heterocycles. The van der Waals surface area contributed by atoms with Crippen LogP contribution in [0.3, 0.4) is 0 Å². The molecule has 0 radical (unpaired) electrons. The number of hydrogen-bond donors (Lipinski definition) is 0. The van der Waals surface area contributed by atoms with Gasteiger partial charge in [-0.1, -0.05) is 91.0 Å². The van der Waals surface area contributed by atoms with Gasteiger partial charge in [0.15, 0.2) is 6.29 Å². The molecule has 3 aromatic carbocycles. The van der Waals surface area contributed by atoms with Crippen LogP contribution in [-0.2, 0) is 29.3 Å². The zero-order valence-electron chi connectivity index (χ0n) is 18.7. The average molecular weight is 435 g/mol. The molecule has 5 nitrogen and oxygen atoms in total. The quantitative estimate of drug-likeness (QED) is 0.315. The molecule has 3 rings (SSSR count). The number of ether oxygens (including phenoxy) is 4. The molecule has 168 valence electrons. The number of methoxy groups -OCH3 is 3. The Morgan fingerprint density at radius 1 is 0.688 bits per heavy atom. The van der Waals surface area contributed by atoms with Crippen molar-refractivity contribution in [3.05, 3.63) is 108 Å². The summed E-state index contributed by atoms with van der Waals surface area (Å²) >= 11 is 0. The van der Waals surface area contributed by atoms with Crippen LogP contribution in [0.15, 0.2) is 91.0 Å². The molecule has 0 aliphatic heterocycles. The van der Waals surface area contributed by atoms with Crippen LogP contribution in [-0.4, -0.2) is 52.5 Å². The largest absolute Gasteiger partial charge is 0.376 e. The maximum absolute atomic E-state index is 11.5. The van der Waals surface area contributed by atoms with E-state index in [1.54, 1.807) is 7.11 Å². The molecule has 5 heteroatoms. The molecule has 3 aromatic rings. The third-order valence-electron chi connectivity index (χ3n) is 5.68. The zero-order valence-corrected chi connectivity index (χ0v) is 18.7. The highest BCUT2D eigenvalue weighted by atomic mass is 16.6. The zero-order chi connectivity index (χ0) is 22.8. The third kappa shape index (κ3) is 4.97. The topological polar surface area (TPSA) is 54.0 Å². The number of benzene rings is 3. The molecule has 0 aliphatic rings. The lowest BCUT2D eigenvalue weighted by Crippen LogP contribution is -2.46. The first-order chi connectivity index (χ1) is 15.7. The van der Waals surface area contributed by atoms with Gasteiger partial charge in [-0.15, -0.1) is 0 Å². The van der Waals surface area contributed by atoms with Crippen LogP contribution < -0.4 is 0 Å². The lowest BCUT2D eigenvalue weighted by Gasteiger charge is -2.38. The smallest absolute Gasteiger partial charge is 0.151 e. The van der Waals surface area contributed by atoms with Gasteiger partial charge in [-0.2, -0.15) is 0 Å². The van der Waals surface area contributed by atoms with Crippen molar-refractivity contribution in [1.29, 1.82) is 0 Å². The fraction of sp³-hybridized carbons (Fsp3) is 0.296. The van der Waals surface area contributed by atoms with Gasteiger partial charge in [0.25, 0.3) is 0 Å². The van der Waals surface area contributed by atoms with Crippen molar-refractivity contribution in [2.24, 2.45) is 0 Å². The van der Waals surface area contributed by atoms with Crippen molar-refractivity contribution in [1.82, 2.24) is 0 Å². The summed E-state index contributed by atoms with van der Waals surface area (Å²) in [6.07, 6.45) is -1.21. The molecule has 0 amide bonds. The monoisotopic (exact) mass is 434 g/mol. The van der Waals surface area contributed by atoms with Crippen molar-refractivity contribution in [3.8, 4) is 0 Å². The van der Waals surface area contributed by atoms with E-state index in [0.29, 0.717) is 0 Å². The summed E-state index contributed by atoms with van der Waals surface area (Å²) in [7, 11) is 4.58. The van der Waals surface area contributed by atoms with E-state index in [2.05, 4.69) is 36.4 Å². The SMILES string of the molecule is CO[C@@H]([C@@H](C=O)OC)[C@@H](COC(c1ccccc1)(c1ccccc1)c1ccccc1)OC. The number of rotatable bonds is 12. The van der Waals surface area contributed by atoms with E-state index >= 15 is 0 Å². The van der Waals surface area contributed by atoms with Crippen LogP contribution in [0.4, 0.5) is 0 Å². The van der Waals surface area contributed by atoms with E-state index in [1.807, 2.05) is 54.6 Å². The second kappa shape index (κ2) is 11.7. The fourth-order valence-electron chi connectivity index (χ4n) is 4.04. The predicted molar refractivity (Wildman–Crippen MR) is 124 cm³/mol. The van der Waals surface area contributed by atoms with E-state index in [4.69, 9.17) is 18.9 Å². The lowest BCUT2D eigenvalue weighted by atomic mass is 9.80. The van der Waals surface area contributed by atoms with Gasteiger partial charge in [-0.3, -0.25) is 0 Å². The normalized spacial score (nSPS) is 14.5. The van der Waals surface area contributed by atoms with E-state index in [9.17, 15) is 4.79 Å². The molecule has 0 bridgehead atoms. The maximum atomic E-state index is 11.5. The van der Waals surface area contributed by atoms with Gasteiger partial charge in [-0.05, 0) is 16.7 Å². The summed E-state index contributed by atoms with van der Waals surface area (Å²) in [4.78, 5) is 11.5. The number of carbonyl (C=O) groups excluding carboxylic acids is 1. The van der Waals surface area contributed by atoms with Crippen molar-refractivity contribution in [3.63, 3.8) is 0 Å². The van der Waals surface area contributed by atoms with Crippen LogP contribution in [0, 0.1) is 0 Å². The van der Waals surface area contributed by atoms with E-state index in [0.717, 1.165) is 23.0 Å². The van der Waals surface area contributed by atoms with Crippen LogP contribution >= 0.6 is 0 Å². The molecule has 0 saturated carbocycles. The molecule has 0 fully saturated rings. The minimum atomic E-state index is -0.886. The summed E-state index contributed by atoms with van der Waals surface area (Å²) in [6, 6.07) is 30.3. The second-order valence-corrected chi connectivity index (χ2v) is 7.40. The fourth-order valence-corrected chi connectivity index (χ4v) is 4.04. The lowest BCUT2D eigenvalue weighted by molar-refractivity contribution is -0.150. The summed E-state index contributed by atoms with van der Waals surface area (Å²) in [6.45, 7) is 0.168. The third-order valence-corrected chi connectivity index (χ3v) is 5.68. The van der Waals surface area contributed by atoms with Gasteiger partial charge in [-0.25, -0.2) is 0 Å². The first-order valence-corrected chi connectivity index (χ1v) is 10.6. The average Bonchev–Trinajstić information content (AvgIpc) is 2.87. The van der Waals surface area contributed by atoms with Gasteiger partial charge in [0.05, 0.1) is 6.61 Å². The number of carbonyl (C=O) groups is 1. The van der Waals surface area contributed by atoms with Crippen molar-refractivity contribution >= 4 is 6.29 Å². The van der Waals surface area contributed by atoms with Crippen LogP contribution in [0.25, 0.3) is 0 Å². The van der Waals surface area contributed by atoms with Gasteiger partial charge >= 0.3 is 0 Å². The Balaban J connectivity index is 2.10. The Kier molecular flexibility index (Phi) is 8.71. The first kappa shape index (κ1) is 23.8. The van der Waals surface area contributed by atoms with Gasteiger partial charge in [0, 0.05) is 21.3 Å². The number of hydrogen-bond acceptors (Lipinski definition) is 5. The van der Waals surface area contributed by atoms with Gasteiger partial charge in [0.1, 0.15) is 23.9 Å². The molecule has 0 aliphatic carbocycles. The van der Waals surface area contributed by atoms with E-state index in [1.165, 1.54) is 14.2 Å². The van der Waals surface area contributed by atoms with Crippen LogP contribution in [0.2, 0.25) is 0 Å². The minimum absolute atomic E-state index is 0.168. The van der Waals surface area contributed by atoms with Crippen molar-refractivity contribution in [2.45, 2.75) is 23.9 Å². The standard InChI is InChI=1S/C27H30O5/c1-29-24(19-28)26(31-3)25(30-2)20-32-27(21-13-7-4-8-14-21,22-15-9-5-10-16-22)23-17-11-6-12-18-23/h4-19,24-26H,20H2,1-3H3/t24-,25-,26+/m1/s1. The molecule has 3 atom stereocenters. The molecule has 32 heavy (non-hydrogen) atoms. The van der Waals surface area contributed by atoms with Gasteiger partial charge < -0.3 is 23.7 Å². The molecular formula is C27H30O5. The van der Waals surface area contributed by atoms with Crippen molar-refractivity contribution in [2.75, 3.05) is 27.9 Å².